The molecule has 1 radical (unpaired) electrons. The Morgan fingerprint density at radius 2 is 0.692 bits per heavy atom. The van der Waals surface area contributed by atoms with Gasteiger partial charge in [0.2, 0.25) is 0 Å². The maximum absolute atomic E-state index is 7.88. The number of aliphatic hydroxyl groups excluding tert-OH is 3. The Balaban J connectivity index is -0.0000000450. The molecule has 0 aliphatic carbocycles. The van der Waals surface area contributed by atoms with E-state index in [9.17, 15) is 0 Å². The summed E-state index contributed by atoms with van der Waals surface area (Å²) in [7, 11) is 0. The SMILES string of the molecule is CCCO.CCCO.CCCO.[Y]. The van der Waals surface area contributed by atoms with Crippen molar-refractivity contribution in [1.82, 2.24) is 0 Å². The summed E-state index contributed by atoms with van der Waals surface area (Å²) in [6, 6.07) is 0. The maximum atomic E-state index is 7.88. The Hall–Kier alpha value is 0.984. The molecule has 0 rings (SSSR count). The van der Waals surface area contributed by atoms with Crippen LogP contribution in [-0.2, 0) is 32.7 Å². The first-order valence-electron chi connectivity index (χ1n) is 4.57. The first kappa shape index (κ1) is 23.7. The van der Waals surface area contributed by atoms with Crippen molar-refractivity contribution < 1.29 is 48.0 Å². The van der Waals surface area contributed by atoms with Crippen LogP contribution in [0.15, 0.2) is 0 Å². The zero-order valence-corrected chi connectivity index (χ0v) is 12.0. The third-order valence-electron chi connectivity index (χ3n) is 0.671. The molecule has 0 spiro atoms. The topological polar surface area (TPSA) is 60.7 Å². The second-order valence-corrected chi connectivity index (χ2v) is 2.17. The molecule has 0 aromatic rings. The number of aliphatic hydroxyl groups is 3. The van der Waals surface area contributed by atoms with Gasteiger partial charge in [0.15, 0.2) is 0 Å². The summed E-state index contributed by atoms with van der Waals surface area (Å²) in [4.78, 5) is 0. The fourth-order valence-corrected chi connectivity index (χ4v) is 0. The van der Waals surface area contributed by atoms with Gasteiger partial charge in [0.1, 0.15) is 0 Å². The van der Waals surface area contributed by atoms with E-state index < -0.39 is 0 Å². The van der Waals surface area contributed by atoms with E-state index in [4.69, 9.17) is 15.3 Å². The number of hydrogen-bond acceptors (Lipinski definition) is 3. The van der Waals surface area contributed by atoms with Gasteiger partial charge in [0.05, 0.1) is 0 Å². The normalized spacial score (nSPS) is 6.92. The molecule has 81 valence electrons. The molecule has 0 aromatic carbocycles. The van der Waals surface area contributed by atoms with E-state index in [0.29, 0.717) is 19.8 Å². The van der Waals surface area contributed by atoms with Crippen LogP contribution in [0.4, 0.5) is 0 Å². The monoisotopic (exact) mass is 269 g/mol. The first-order chi connectivity index (χ1) is 5.74. The second-order valence-electron chi connectivity index (χ2n) is 2.17. The van der Waals surface area contributed by atoms with Crippen molar-refractivity contribution in [2.24, 2.45) is 0 Å². The van der Waals surface area contributed by atoms with Gasteiger partial charge in [-0.05, 0) is 19.3 Å². The maximum Gasteiger partial charge on any atom is 0.0428 e. The van der Waals surface area contributed by atoms with E-state index in [0.717, 1.165) is 19.3 Å². The summed E-state index contributed by atoms with van der Waals surface area (Å²) in [5, 5.41) is 23.6. The Kier molecular flexibility index (Phi) is 69.6. The Morgan fingerprint density at radius 1 is 0.615 bits per heavy atom. The first-order valence-corrected chi connectivity index (χ1v) is 4.57. The summed E-state index contributed by atoms with van der Waals surface area (Å²) in [5.74, 6) is 0. The molecule has 3 N–H and O–H groups in total. The van der Waals surface area contributed by atoms with E-state index in [2.05, 4.69) is 0 Å². The van der Waals surface area contributed by atoms with Crippen LogP contribution < -0.4 is 0 Å². The fraction of sp³-hybridized carbons (Fsp3) is 1.00. The molecule has 0 heterocycles. The standard InChI is InChI=1S/3C3H8O.Y/c3*1-2-3-4;/h3*4H,2-3H2,1H3;. The van der Waals surface area contributed by atoms with Crippen LogP contribution in [0, 0.1) is 0 Å². The smallest absolute Gasteiger partial charge is 0.0428 e. The zero-order valence-electron chi connectivity index (χ0n) is 9.16. The predicted molar refractivity (Wildman–Crippen MR) is 52.1 cm³/mol. The van der Waals surface area contributed by atoms with Crippen molar-refractivity contribution in [3.05, 3.63) is 0 Å². The summed E-state index contributed by atoms with van der Waals surface area (Å²) < 4.78 is 0. The molecule has 0 saturated carbocycles. The number of hydrogen-bond donors (Lipinski definition) is 3. The molecule has 0 unspecified atom stereocenters. The second kappa shape index (κ2) is 38.2. The van der Waals surface area contributed by atoms with E-state index >= 15 is 0 Å². The van der Waals surface area contributed by atoms with Crippen LogP contribution in [0.1, 0.15) is 40.0 Å². The molecule has 4 heteroatoms. The number of rotatable bonds is 3. The minimum absolute atomic E-state index is 0. The van der Waals surface area contributed by atoms with Crippen LogP contribution in [0.3, 0.4) is 0 Å². The molecule has 0 aliphatic rings. The van der Waals surface area contributed by atoms with Gasteiger partial charge >= 0.3 is 0 Å². The third-order valence-corrected chi connectivity index (χ3v) is 0.671. The molecule has 0 amide bonds. The largest absolute Gasteiger partial charge is 0.396 e. The van der Waals surface area contributed by atoms with E-state index in [-0.39, 0.29) is 32.7 Å². The fourth-order valence-electron chi connectivity index (χ4n) is 0. The van der Waals surface area contributed by atoms with Crippen molar-refractivity contribution in [1.29, 1.82) is 0 Å². The van der Waals surface area contributed by atoms with Crippen LogP contribution in [0.25, 0.3) is 0 Å². The van der Waals surface area contributed by atoms with Crippen molar-refractivity contribution in [3.8, 4) is 0 Å². The Bertz CT molecular complexity index is 30.3. The minimum Gasteiger partial charge on any atom is -0.396 e. The molecule has 3 nitrogen and oxygen atoms in total. The van der Waals surface area contributed by atoms with Gasteiger partial charge < -0.3 is 15.3 Å². The summed E-state index contributed by atoms with van der Waals surface area (Å²) in [6.45, 7) is 6.75. The van der Waals surface area contributed by atoms with E-state index in [1.165, 1.54) is 0 Å². The third kappa shape index (κ3) is 98.7. The van der Waals surface area contributed by atoms with E-state index in [1.54, 1.807) is 0 Å². The molecule has 0 fully saturated rings. The van der Waals surface area contributed by atoms with Crippen molar-refractivity contribution in [2.75, 3.05) is 19.8 Å². The van der Waals surface area contributed by atoms with Crippen LogP contribution in [0.2, 0.25) is 0 Å². The van der Waals surface area contributed by atoms with Crippen LogP contribution >= 0.6 is 0 Å². The average molecular weight is 269 g/mol. The average Bonchev–Trinajstić information content (AvgIpc) is 2.18. The molecule has 0 saturated heterocycles. The summed E-state index contributed by atoms with van der Waals surface area (Å²) >= 11 is 0. The van der Waals surface area contributed by atoms with Crippen LogP contribution in [0.5, 0.6) is 0 Å². The van der Waals surface area contributed by atoms with E-state index in [1.807, 2.05) is 20.8 Å². The van der Waals surface area contributed by atoms with Gasteiger partial charge in [-0.2, -0.15) is 0 Å². The molecule has 0 atom stereocenters. The molecule has 13 heavy (non-hydrogen) atoms. The molecular formula is C9H24O3Y. The van der Waals surface area contributed by atoms with Gasteiger partial charge in [-0.3, -0.25) is 0 Å². The molecule has 0 bridgehead atoms. The predicted octanol–water partition coefficient (Wildman–Crippen LogP) is 1.16. The van der Waals surface area contributed by atoms with Gasteiger partial charge in [0, 0.05) is 52.5 Å². The molecule has 0 aromatic heterocycles. The quantitative estimate of drug-likeness (QED) is 0.720. The molecular weight excluding hydrogens is 245 g/mol. The Morgan fingerprint density at radius 3 is 0.692 bits per heavy atom. The van der Waals surface area contributed by atoms with Gasteiger partial charge in [-0.25, -0.2) is 0 Å². The van der Waals surface area contributed by atoms with Crippen LogP contribution in [-0.4, -0.2) is 35.1 Å². The Labute approximate surface area is 107 Å². The van der Waals surface area contributed by atoms with Gasteiger partial charge in [-0.15, -0.1) is 0 Å². The molecule has 0 aliphatic heterocycles. The zero-order chi connectivity index (χ0) is 10.2. The van der Waals surface area contributed by atoms with Crippen molar-refractivity contribution in [2.45, 2.75) is 40.0 Å². The summed E-state index contributed by atoms with van der Waals surface area (Å²) in [6.07, 6.45) is 2.62. The summed E-state index contributed by atoms with van der Waals surface area (Å²) in [5.41, 5.74) is 0. The van der Waals surface area contributed by atoms with Gasteiger partial charge in [0.25, 0.3) is 0 Å². The van der Waals surface area contributed by atoms with Crippen molar-refractivity contribution >= 4 is 0 Å². The minimum atomic E-state index is 0. The van der Waals surface area contributed by atoms with Crippen molar-refractivity contribution in [3.63, 3.8) is 0 Å². The van der Waals surface area contributed by atoms with Gasteiger partial charge in [-0.1, -0.05) is 20.8 Å².